The summed E-state index contributed by atoms with van der Waals surface area (Å²) >= 11 is 0. The fourth-order valence-electron chi connectivity index (χ4n) is 2.36. The molecule has 1 heterocycles. The van der Waals surface area contributed by atoms with Crippen LogP contribution in [0.15, 0.2) is 65.2 Å². The largest absolute Gasteiger partial charge is 0.497 e. The Morgan fingerprint density at radius 1 is 1.12 bits per heavy atom. The highest BCUT2D eigenvalue weighted by Crippen LogP contribution is 2.23. The van der Waals surface area contributed by atoms with Gasteiger partial charge in [-0.3, -0.25) is 4.79 Å². The van der Waals surface area contributed by atoms with Crippen molar-refractivity contribution in [3.05, 3.63) is 66.4 Å². The normalized spacial score (nSPS) is 10.4. The molecule has 0 saturated heterocycles. The Hall–Kier alpha value is -3.08. The first-order valence-electron chi connectivity index (χ1n) is 7.59. The minimum Gasteiger partial charge on any atom is -0.497 e. The van der Waals surface area contributed by atoms with Crippen LogP contribution in [0.4, 0.5) is 5.69 Å². The number of aromatic nitrogens is 1. The topological polar surface area (TPSA) is 55.6 Å². The first kappa shape index (κ1) is 15.8. The summed E-state index contributed by atoms with van der Waals surface area (Å²) in [7, 11) is 3.37. The van der Waals surface area contributed by atoms with Gasteiger partial charge < -0.3 is 14.2 Å². The molecule has 0 atom stereocenters. The number of hydrogen-bond donors (Lipinski definition) is 0. The third kappa shape index (κ3) is 3.46. The lowest BCUT2D eigenvalue weighted by Crippen LogP contribution is -2.27. The molecule has 5 heteroatoms. The van der Waals surface area contributed by atoms with Gasteiger partial charge in [0.15, 0.2) is 5.76 Å². The molecule has 1 amide bonds. The van der Waals surface area contributed by atoms with Gasteiger partial charge >= 0.3 is 0 Å². The molecule has 5 nitrogen and oxygen atoms in total. The summed E-state index contributed by atoms with van der Waals surface area (Å²) in [5.41, 5.74) is 2.34. The number of methoxy groups -OCH3 is 1. The van der Waals surface area contributed by atoms with Gasteiger partial charge in [0.2, 0.25) is 5.91 Å². The molecule has 0 bridgehead atoms. The van der Waals surface area contributed by atoms with Gasteiger partial charge in [0.05, 0.1) is 19.2 Å². The van der Waals surface area contributed by atoms with Gasteiger partial charge in [-0.2, -0.15) is 0 Å². The summed E-state index contributed by atoms with van der Waals surface area (Å²) in [4.78, 5) is 14.0. The zero-order valence-corrected chi connectivity index (χ0v) is 13.6. The molecule has 3 rings (SSSR count). The second-order valence-electron chi connectivity index (χ2n) is 5.38. The predicted octanol–water partition coefficient (Wildman–Crippen LogP) is 3.56. The third-order valence-electron chi connectivity index (χ3n) is 3.78. The second kappa shape index (κ2) is 7.00. The summed E-state index contributed by atoms with van der Waals surface area (Å²) in [6, 6.07) is 18.8. The van der Waals surface area contributed by atoms with Crippen LogP contribution < -0.4 is 9.64 Å². The summed E-state index contributed by atoms with van der Waals surface area (Å²) in [5, 5.41) is 4.00. The van der Waals surface area contributed by atoms with E-state index in [1.807, 2.05) is 54.6 Å². The van der Waals surface area contributed by atoms with Crippen LogP contribution in [0, 0.1) is 0 Å². The molecule has 2 aromatic carbocycles. The highest BCUT2D eigenvalue weighted by molar-refractivity contribution is 5.94. The molecule has 0 saturated carbocycles. The fraction of sp³-hybridized carbons (Fsp3) is 0.158. The summed E-state index contributed by atoms with van der Waals surface area (Å²) in [6.45, 7) is 0. The number of hydrogen-bond acceptors (Lipinski definition) is 4. The van der Waals surface area contributed by atoms with Crippen LogP contribution in [0.3, 0.4) is 0 Å². The van der Waals surface area contributed by atoms with E-state index in [1.54, 1.807) is 25.1 Å². The first-order valence-corrected chi connectivity index (χ1v) is 7.59. The van der Waals surface area contributed by atoms with Crippen LogP contribution >= 0.6 is 0 Å². The van der Waals surface area contributed by atoms with E-state index in [4.69, 9.17) is 9.26 Å². The van der Waals surface area contributed by atoms with Gasteiger partial charge in [-0.25, -0.2) is 0 Å². The Morgan fingerprint density at radius 2 is 1.83 bits per heavy atom. The van der Waals surface area contributed by atoms with Gasteiger partial charge in [0.1, 0.15) is 5.75 Å². The Labute approximate surface area is 140 Å². The van der Waals surface area contributed by atoms with Crippen LogP contribution in [-0.2, 0) is 11.2 Å². The maximum absolute atomic E-state index is 12.4. The summed E-state index contributed by atoms with van der Waals surface area (Å²) in [6.07, 6.45) is 0.186. The highest BCUT2D eigenvalue weighted by atomic mass is 16.5. The molecule has 3 aromatic rings. The Balaban J connectivity index is 1.70. The first-order chi connectivity index (χ1) is 11.7. The zero-order chi connectivity index (χ0) is 16.9. The Morgan fingerprint density at radius 3 is 2.50 bits per heavy atom. The molecule has 122 valence electrons. The van der Waals surface area contributed by atoms with E-state index in [2.05, 4.69) is 5.16 Å². The maximum Gasteiger partial charge on any atom is 0.232 e. The molecule has 0 aliphatic rings. The molecule has 0 fully saturated rings. The number of carbonyl (C=O) groups excluding carboxylic acids is 1. The average molecular weight is 322 g/mol. The molecule has 0 aliphatic heterocycles. The smallest absolute Gasteiger partial charge is 0.232 e. The molecular weight excluding hydrogens is 304 g/mol. The van der Waals surface area contributed by atoms with Gasteiger partial charge in [0, 0.05) is 24.4 Å². The van der Waals surface area contributed by atoms with Crippen molar-refractivity contribution in [3.63, 3.8) is 0 Å². The van der Waals surface area contributed by atoms with Crippen molar-refractivity contribution >= 4 is 11.6 Å². The molecule has 0 aliphatic carbocycles. The Kier molecular flexibility index (Phi) is 4.61. The number of benzene rings is 2. The number of carbonyl (C=O) groups is 1. The number of amides is 1. The van der Waals surface area contributed by atoms with Crippen LogP contribution in [0.25, 0.3) is 11.3 Å². The number of nitrogens with zero attached hydrogens (tertiary/aromatic N) is 2. The molecule has 0 unspecified atom stereocenters. The number of rotatable bonds is 5. The molecule has 0 N–H and O–H groups in total. The number of ether oxygens (including phenoxy) is 1. The van der Waals surface area contributed by atoms with Gasteiger partial charge in [-0.15, -0.1) is 0 Å². The standard InChI is InChI=1S/C19H18N2O3/c1-21(16-6-4-3-5-7-16)19(22)13-15-12-18(24-20-15)14-8-10-17(23-2)11-9-14/h3-12H,13H2,1-2H3. The molecule has 0 radical (unpaired) electrons. The monoisotopic (exact) mass is 322 g/mol. The lowest BCUT2D eigenvalue weighted by Gasteiger charge is -2.16. The van der Waals surface area contributed by atoms with Gasteiger partial charge in [-0.05, 0) is 36.4 Å². The number of anilines is 1. The van der Waals surface area contributed by atoms with Crippen molar-refractivity contribution in [2.75, 3.05) is 19.1 Å². The second-order valence-corrected chi connectivity index (χ2v) is 5.38. The SMILES string of the molecule is COc1ccc(-c2cc(CC(=O)N(C)c3ccccc3)no2)cc1. The van der Waals surface area contributed by atoms with Crippen molar-refractivity contribution in [3.8, 4) is 17.1 Å². The van der Waals surface area contributed by atoms with Crippen molar-refractivity contribution in [1.82, 2.24) is 5.16 Å². The molecule has 24 heavy (non-hydrogen) atoms. The lowest BCUT2D eigenvalue weighted by atomic mass is 10.1. The number of para-hydroxylation sites is 1. The van der Waals surface area contributed by atoms with E-state index in [9.17, 15) is 4.79 Å². The predicted molar refractivity (Wildman–Crippen MR) is 92.0 cm³/mol. The van der Waals surface area contributed by atoms with E-state index >= 15 is 0 Å². The van der Waals surface area contributed by atoms with Gasteiger partial charge in [0.25, 0.3) is 0 Å². The van der Waals surface area contributed by atoms with E-state index in [1.165, 1.54) is 0 Å². The summed E-state index contributed by atoms with van der Waals surface area (Å²) < 4.78 is 10.5. The van der Waals surface area contributed by atoms with Crippen LogP contribution in [-0.4, -0.2) is 25.2 Å². The quantitative estimate of drug-likeness (QED) is 0.721. The van der Waals surface area contributed by atoms with E-state index in [0.29, 0.717) is 11.5 Å². The summed E-state index contributed by atoms with van der Waals surface area (Å²) in [5.74, 6) is 1.36. The zero-order valence-electron chi connectivity index (χ0n) is 13.6. The van der Waals surface area contributed by atoms with Crippen molar-refractivity contribution in [2.45, 2.75) is 6.42 Å². The minimum atomic E-state index is -0.0456. The van der Waals surface area contributed by atoms with Crippen molar-refractivity contribution < 1.29 is 14.1 Å². The van der Waals surface area contributed by atoms with Crippen LogP contribution in [0.5, 0.6) is 5.75 Å². The molecular formula is C19H18N2O3. The Bertz CT molecular complexity index is 810. The van der Waals surface area contributed by atoms with E-state index in [-0.39, 0.29) is 12.3 Å². The maximum atomic E-state index is 12.4. The molecule has 1 aromatic heterocycles. The highest BCUT2D eigenvalue weighted by Gasteiger charge is 2.15. The van der Waals surface area contributed by atoms with Crippen LogP contribution in [0.2, 0.25) is 0 Å². The van der Waals surface area contributed by atoms with Crippen LogP contribution in [0.1, 0.15) is 5.69 Å². The number of likely N-dealkylation sites (N-methyl/N-ethyl adjacent to an activating group) is 1. The van der Waals surface area contributed by atoms with E-state index < -0.39 is 0 Å². The fourth-order valence-corrected chi connectivity index (χ4v) is 2.36. The van der Waals surface area contributed by atoms with Crippen molar-refractivity contribution in [2.24, 2.45) is 0 Å². The van der Waals surface area contributed by atoms with Crippen molar-refractivity contribution in [1.29, 1.82) is 0 Å². The minimum absolute atomic E-state index is 0.0456. The average Bonchev–Trinajstić information content (AvgIpc) is 3.10. The van der Waals surface area contributed by atoms with Gasteiger partial charge in [-0.1, -0.05) is 23.4 Å². The third-order valence-corrected chi connectivity index (χ3v) is 3.78. The molecule has 0 spiro atoms. The lowest BCUT2D eigenvalue weighted by molar-refractivity contribution is -0.117. The van der Waals surface area contributed by atoms with E-state index in [0.717, 1.165) is 17.0 Å².